The monoisotopic (exact) mass is 761 g/mol. The highest BCUT2D eigenvalue weighted by atomic mass is 16.7. The molecule has 4 unspecified atom stereocenters. The minimum atomic E-state index is -1.11. The summed E-state index contributed by atoms with van der Waals surface area (Å²) in [6.07, 6.45) is 0.689. The summed E-state index contributed by atoms with van der Waals surface area (Å²) in [7, 11) is 0. The zero-order valence-corrected chi connectivity index (χ0v) is 32.1. The van der Waals surface area contributed by atoms with Crippen LogP contribution in [0.25, 0.3) is 10.8 Å². The van der Waals surface area contributed by atoms with Crippen LogP contribution in [0.5, 0.6) is 5.75 Å². The number of esters is 1. The van der Waals surface area contributed by atoms with Crippen LogP contribution in [0, 0.1) is 5.92 Å². The minimum Gasteiger partial charge on any atom is -0.492 e. The van der Waals surface area contributed by atoms with Gasteiger partial charge in [0.05, 0.1) is 25.4 Å². The lowest BCUT2D eigenvalue weighted by atomic mass is 9.90. The van der Waals surface area contributed by atoms with E-state index in [4.69, 9.17) is 28.4 Å². The van der Waals surface area contributed by atoms with Crippen molar-refractivity contribution in [1.29, 1.82) is 0 Å². The van der Waals surface area contributed by atoms with Crippen LogP contribution in [0.3, 0.4) is 0 Å². The molecule has 3 aromatic rings. The Labute approximate surface area is 323 Å². The first-order valence-corrected chi connectivity index (χ1v) is 19.4. The number of alkyl carbamates (subject to hydrolysis) is 2. The first kappa shape index (κ1) is 41.3. The van der Waals surface area contributed by atoms with E-state index in [1.54, 1.807) is 6.92 Å². The van der Waals surface area contributed by atoms with Crippen molar-refractivity contribution in [3.63, 3.8) is 0 Å². The third-order valence-corrected chi connectivity index (χ3v) is 9.58. The van der Waals surface area contributed by atoms with Gasteiger partial charge >= 0.3 is 18.2 Å². The summed E-state index contributed by atoms with van der Waals surface area (Å²) >= 11 is 0. The molecule has 2 aliphatic rings. The van der Waals surface area contributed by atoms with Crippen LogP contribution in [0.2, 0.25) is 0 Å². The Morgan fingerprint density at radius 2 is 1.65 bits per heavy atom. The first-order valence-electron chi connectivity index (χ1n) is 19.4. The van der Waals surface area contributed by atoms with E-state index in [9.17, 15) is 19.2 Å². The van der Waals surface area contributed by atoms with E-state index < -0.39 is 48.3 Å². The van der Waals surface area contributed by atoms with Gasteiger partial charge in [-0.2, -0.15) is 0 Å². The number of benzene rings is 3. The quantitative estimate of drug-likeness (QED) is 0.0782. The van der Waals surface area contributed by atoms with Gasteiger partial charge in [0, 0.05) is 32.2 Å². The molecule has 5 atom stereocenters. The van der Waals surface area contributed by atoms with E-state index >= 15 is 0 Å². The highest BCUT2D eigenvalue weighted by Crippen LogP contribution is 2.41. The van der Waals surface area contributed by atoms with Crippen molar-refractivity contribution in [3.8, 4) is 5.75 Å². The molecule has 2 aliphatic heterocycles. The van der Waals surface area contributed by atoms with Gasteiger partial charge in [-0.3, -0.25) is 4.79 Å². The fourth-order valence-electron chi connectivity index (χ4n) is 7.12. The molecule has 3 N–H and O–H groups in total. The highest BCUT2D eigenvalue weighted by molar-refractivity contribution is 5.86. The summed E-state index contributed by atoms with van der Waals surface area (Å²) in [5.74, 6) is -0.999. The van der Waals surface area contributed by atoms with Crippen molar-refractivity contribution in [1.82, 2.24) is 16.0 Å². The maximum Gasteiger partial charge on any atom is 0.407 e. The van der Waals surface area contributed by atoms with Gasteiger partial charge in [-0.05, 0) is 67.0 Å². The molecule has 13 heteroatoms. The molecule has 13 nitrogen and oxygen atoms in total. The zero-order chi connectivity index (χ0) is 39.0. The second-order valence-corrected chi connectivity index (χ2v) is 14.5. The molecule has 3 aromatic carbocycles. The maximum atomic E-state index is 13.2. The summed E-state index contributed by atoms with van der Waals surface area (Å²) in [6, 6.07) is 22.5. The molecular weight excluding hydrogens is 706 g/mol. The van der Waals surface area contributed by atoms with Crippen LogP contribution in [-0.4, -0.2) is 80.6 Å². The SMILES string of the molecule is CCOC(=O)[C@H](CC(C)C)NC(=O)CCC1CC(OC(=O)NCc2cccc3ccccc23)CC2(CCCC(COC(=O)NCCOc3ccccc3)O2)O1. The van der Waals surface area contributed by atoms with Gasteiger partial charge in [0.25, 0.3) is 0 Å². The van der Waals surface area contributed by atoms with Gasteiger partial charge in [0.15, 0.2) is 5.79 Å². The average molecular weight is 762 g/mol. The third kappa shape index (κ3) is 13.1. The largest absolute Gasteiger partial charge is 0.492 e. The summed E-state index contributed by atoms with van der Waals surface area (Å²) in [5, 5.41) is 10.6. The number of carbonyl (C=O) groups is 4. The number of rotatable bonds is 17. The summed E-state index contributed by atoms with van der Waals surface area (Å²) in [4.78, 5) is 51.4. The zero-order valence-electron chi connectivity index (χ0n) is 32.1. The number of fused-ring (bicyclic) bond motifs is 1. The predicted octanol–water partition coefficient (Wildman–Crippen LogP) is 6.56. The molecule has 0 aromatic heterocycles. The fraction of sp³-hybridized carbons (Fsp3) is 0.524. The van der Waals surface area contributed by atoms with Crippen molar-refractivity contribution < 1.29 is 47.6 Å². The van der Waals surface area contributed by atoms with Crippen molar-refractivity contribution in [2.24, 2.45) is 5.92 Å². The maximum absolute atomic E-state index is 13.2. The predicted molar refractivity (Wildman–Crippen MR) is 205 cm³/mol. The van der Waals surface area contributed by atoms with Gasteiger partial charge in [0.1, 0.15) is 31.1 Å². The Morgan fingerprint density at radius 1 is 0.891 bits per heavy atom. The van der Waals surface area contributed by atoms with Gasteiger partial charge in [-0.15, -0.1) is 0 Å². The van der Waals surface area contributed by atoms with Crippen LogP contribution < -0.4 is 20.7 Å². The Bertz CT molecular complexity index is 1700. The smallest absolute Gasteiger partial charge is 0.407 e. The summed E-state index contributed by atoms with van der Waals surface area (Å²) in [6.45, 7) is 6.74. The van der Waals surface area contributed by atoms with Crippen molar-refractivity contribution in [2.75, 3.05) is 26.4 Å². The van der Waals surface area contributed by atoms with Crippen LogP contribution in [0.15, 0.2) is 72.8 Å². The molecule has 2 saturated heterocycles. The molecule has 2 heterocycles. The van der Waals surface area contributed by atoms with E-state index in [0.717, 1.165) is 22.8 Å². The van der Waals surface area contributed by atoms with Crippen LogP contribution in [0.1, 0.15) is 77.7 Å². The first-order chi connectivity index (χ1) is 26.6. The number of carbonyl (C=O) groups excluding carboxylic acids is 4. The van der Waals surface area contributed by atoms with Crippen LogP contribution >= 0.6 is 0 Å². The number of hydrogen-bond donors (Lipinski definition) is 3. The highest BCUT2D eigenvalue weighted by Gasteiger charge is 2.47. The molecule has 55 heavy (non-hydrogen) atoms. The molecule has 298 valence electrons. The standard InChI is InChI=1S/C42H55N3O10/c1-4-50-39(47)37(24-29(2)3)45-38(46)20-19-33-25-35(53-41(49)44-27-31-14-10-13-30-12-8-9-18-36(30)31)26-42(54-33)21-11-17-34(55-42)28-52-40(48)43-22-23-51-32-15-6-5-7-16-32/h5-10,12-16,18,29,33-35,37H,4,11,17,19-28H2,1-3H3,(H,43,48)(H,44,49)(H,45,46)/t33?,34?,35?,37-,42?/m0/s1. The van der Waals surface area contributed by atoms with Gasteiger partial charge in [-0.1, -0.05) is 74.5 Å². The lowest BCUT2D eigenvalue weighted by Gasteiger charge is -2.47. The van der Waals surface area contributed by atoms with Crippen molar-refractivity contribution in [2.45, 2.75) is 109 Å². The van der Waals surface area contributed by atoms with E-state index in [1.807, 2.05) is 86.6 Å². The Kier molecular flexibility index (Phi) is 15.5. The lowest BCUT2D eigenvalue weighted by molar-refractivity contribution is -0.329. The second-order valence-electron chi connectivity index (χ2n) is 14.5. The number of ether oxygens (including phenoxy) is 6. The number of amides is 3. The van der Waals surface area contributed by atoms with Gasteiger partial charge in [-0.25, -0.2) is 14.4 Å². The van der Waals surface area contributed by atoms with E-state index in [1.165, 1.54) is 0 Å². The molecule has 2 fully saturated rings. The molecule has 0 radical (unpaired) electrons. The number of para-hydroxylation sites is 1. The van der Waals surface area contributed by atoms with Crippen molar-refractivity contribution >= 4 is 34.8 Å². The number of nitrogens with one attached hydrogen (secondary N) is 3. The van der Waals surface area contributed by atoms with E-state index in [-0.39, 0.29) is 57.6 Å². The van der Waals surface area contributed by atoms with E-state index in [2.05, 4.69) is 16.0 Å². The van der Waals surface area contributed by atoms with E-state index in [0.29, 0.717) is 37.9 Å². The van der Waals surface area contributed by atoms with Crippen LogP contribution in [-0.2, 0) is 39.8 Å². The number of hydrogen-bond acceptors (Lipinski definition) is 10. The minimum absolute atomic E-state index is 0.00565. The van der Waals surface area contributed by atoms with Crippen molar-refractivity contribution in [3.05, 3.63) is 78.4 Å². The third-order valence-electron chi connectivity index (χ3n) is 9.58. The summed E-state index contributed by atoms with van der Waals surface area (Å²) in [5.41, 5.74) is 0.965. The topological polar surface area (TPSA) is 160 Å². The Balaban J connectivity index is 1.18. The Morgan fingerprint density at radius 3 is 2.45 bits per heavy atom. The second kappa shape index (κ2) is 20.7. The van der Waals surface area contributed by atoms with Gasteiger partial charge in [0.2, 0.25) is 5.91 Å². The average Bonchev–Trinajstić information content (AvgIpc) is 3.17. The molecule has 0 aliphatic carbocycles. The van der Waals surface area contributed by atoms with Gasteiger partial charge < -0.3 is 44.4 Å². The normalized spacial score (nSPS) is 21.3. The van der Waals surface area contributed by atoms with Crippen LogP contribution in [0.4, 0.5) is 9.59 Å². The molecule has 1 spiro atoms. The molecule has 0 bridgehead atoms. The molecule has 3 amide bonds. The molecular formula is C42H55N3O10. The lowest BCUT2D eigenvalue weighted by Crippen LogP contribution is -2.54. The Hall–Kier alpha value is -4.88. The summed E-state index contributed by atoms with van der Waals surface area (Å²) < 4.78 is 35.4. The molecule has 5 rings (SSSR count). The fourth-order valence-corrected chi connectivity index (χ4v) is 7.12. The molecule has 0 saturated carbocycles.